The van der Waals surface area contributed by atoms with Crippen LogP contribution in [0.15, 0.2) is 24.3 Å². The lowest BCUT2D eigenvalue weighted by atomic mass is 10.1. The maximum Gasteiger partial charge on any atom is 0.326 e. The van der Waals surface area contributed by atoms with E-state index in [-0.39, 0.29) is 6.54 Å². The van der Waals surface area contributed by atoms with Gasteiger partial charge >= 0.3 is 5.97 Å². The maximum atomic E-state index is 12.2. The summed E-state index contributed by atoms with van der Waals surface area (Å²) < 4.78 is 0.882. The Bertz CT molecular complexity index is 790. The average molecular weight is 383 g/mol. The van der Waals surface area contributed by atoms with Gasteiger partial charge in [-0.3, -0.25) is 9.59 Å². The molecule has 1 aromatic heterocycles. The van der Waals surface area contributed by atoms with E-state index in [1.807, 2.05) is 31.2 Å². The highest BCUT2D eigenvalue weighted by molar-refractivity contribution is 7.21. The van der Waals surface area contributed by atoms with Crippen LogP contribution in [0.2, 0.25) is 5.02 Å². The molecule has 0 fully saturated rings. The maximum absolute atomic E-state index is 12.2. The second kappa shape index (κ2) is 8.82. The summed E-state index contributed by atoms with van der Waals surface area (Å²) in [6, 6.07) is 6.42. The number of carbonyl (C=O) groups excluding carboxylic acids is 2. The number of fused-ring (bicyclic) bond motifs is 1. The summed E-state index contributed by atoms with van der Waals surface area (Å²) in [5.41, 5.74) is 0. The molecule has 0 saturated carbocycles. The van der Waals surface area contributed by atoms with Crippen LogP contribution in [-0.2, 0) is 9.59 Å². The Morgan fingerprint density at radius 3 is 2.64 bits per heavy atom. The van der Waals surface area contributed by atoms with E-state index in [2.05, 4.69) is 10.6 Å². The van der Waals surface area contributed by atoms with Crippen molar-refractivity contribution >= 4 is 50.8 Å². The number of thiophene rings is 1. The number of halogens is 1. The van der Waals surface area contributed by atoms with E-state index in [9.17, 15) is 14.4 Å². The van der Waals surface area contributed by atoms with Crippen LogP contribution in [0.1, 0.15) is 35.9 Å². The van der Waals surface area contributed by atoms with Crippen LogP contribution < -0.4 is 10.6 Å². The van der Waals surface area contributed by atoms with Crippen LogP contribution in [-0.4, -0.2) is 35.5 Å². The molecule has 0 radical (unpaired) electrons. The number of hydrogen-bond acceptors (Lipinski definition) is 4. The highest BCUT2D eigenvalue weighted by Gasteiger charge is 2.21. The first-order valence-corrected chi connectivity index (χ1v) is 9.10. The Morgan fingerprint density at radius 1 is 1.28 bits per heavy atom. The minimum absolute atomic E-state index is 0.306. The monoisotopic (exact) mass is 382 g/mol. The molecule has 2 amide bonds. The van der Waals surface area contributed by atoms with Gasteiger partial charge in [-0.2, -0.15) is 0 Å². The van der Waals surface area contributed by atoms with E-state index in [4.69, 9.17) is 16.7 Å². The molecule has 134 valence electrons. The number of aliphatic carboxylic acids is 1. The first kappa shape index (κ1) is 19.2. The Hall–Kier alpha value is -2.12. The number of hydrogen-bond donors (Lipinski definition) is 3. The van der Waals surface area contributed by atoms with Crippen LogP contribution in [0.3, 0.4) is 0 Å². The molecule has 25 heavy (non-hydrogen) atoms. The number of rotatable bonds is 8. The molecule has 0 spiro atoms. The van der Waals surface area contributed by atoms with Gasteiger partial charge in [0.2, 0.25) is 5.91 Å². The minimum atomic E-state index is -1.08. The smallest absolute Gasteiger partial charge is 0.326 e. The van der Waals surface area contributed by atoms with Crippen molar-refractivity contribution in [3.8, 4) is 0 Å². The minimum Gasteiger partial charge on any atom is -0.480 e. The number of carboxylic acids is 1. The predicted molar refractivity (Wildman–Crippen MR) is 98.3 cm³/mol. The van der Waals surface area contributed by atoms with Crippen molar-refractivity contribution in [2.75, 3.05) is 6.54 Å². The summed E-state index contributed by atoms with van der Waals surface area (Å²) in [4.78, 5) is 35.6. The molecule has 0 saturated heterocycles. The zero-order valence-corrected chi connectivity index (χ0v) is 15.2. The molecule has 8 heteroatoms. The summed E-state index contributed by atoms with van der Waals surface area (Å²) in [6.07, 6.45) is 1.88. The molecule has 1 atom stereocenters. The lowest BCUT2D eigenvalue weighted by Crippen LogP contribution is -2.45. The zero-order chi connectivity index (χ0) is 18.4. The summed E-state index contributed by atoms with van der Waals surface area (Å²) in [7, 11) is 0. The second-order valence-corrected chi connectivity index (χ2v) is 6.95. The van der Waals surface area contributed by atoms with Gasteiger partial charge in [0, 0.05) is 10.1 Å². The molecule has 0 bridgehead atoms. The molecule has 6 nitrogen and oxygen atoms in total. The number of unbranched alkanes of at least 4 members (excludes halogenated alkanes) is 1. The molecular weight excluding hydrogens is 364 g/mol. The number of benzene rings is 1. The molecule has 0 aliphatic heterocycles. The lowest BCUT2D eigenvalue weighted by molar-refractivity contribution is -0.141. The van der Waals surface area contributed by atoms with Crippen molar-refractivity contribution in [3.05, 3.63) is 34.2 Å². The van der Waals surface area contributed by atoms with Crippen molar-refractivity contribution in [2.24, 2.45) is 0 Å². The molecule has 0 unspecified atom stereocenters. The van der Waals surface area contributed by atoms with E-state index in [0.29, 0.717) is 22.7 Å². The van der Waals surface area contributed by atoms with E-state index in [1.54, 1.807) is 0 Å². The first-order valence-electron chi connectivity index (χ1n) is 7.91. The van der Waals surface area contributed by atoms with E-state index >= 15 is 0 Å². The Morgan fingerprint density at radius 2 is 2.00 bits per heavy atom. The third kappa shape index (κ3) is 4.93. The highest BCUT2D eigenvalue weighted by atomic mass is 35.5. The van der Waals surface area contributed by atoms with Gasteiger partial charge in [-0.1, -0.05) is 49.6 Å². The van der Waals surface area contributed by atoms with Crippen LogP contribution in [0.4, 0.5) is 0 Å². The molecule has 3 N–H and O–H groups in total. The predicted octanol–water partition coefficient (Wildman–Crippen LogP) is 3.04. The van der Waals surface area contributed by atoms with Gasteiger partial charge in [0.1, 0.15) is 10.9 Å². The largest absolute Gasteiger partial charge is 0.480 e. The second-order valence-electron chi connectivity index (χ2n) is 5.52. The van der Waals surface area contributed by atoms with Crippen molar-refractivity contribution in [2.45, 2.75) is 32.2 Å². The Kier molecular flexibility index (Phi) is 6.78. The van der Waals surface area contributed by atoms with Gasteiger partial charge in [-0.05, 0) is 12.5 Å². The summed E-state index contributed by atoms with van der Waals surface area (Å²) in [5, 5.41) is 15.1. The average Bonchev–Trinajstić information content (AvgIpc) is 2.93. The highest BCUT2D eigenvalue weighted by Crippen LogP contribution is 2.34. The van der Waals surface area contributed by atoms with Crippen molar-refractivity contribution < 1.29 is 19.5 Å². The van der Waals surface area contributed by atoms with Crippen LogP contribution in [0.25, 0.3) is 10.1 Å². The fourth-order valence-electron chi connectivity index (χ4n) is 2.31. The topological polar surface area (TPSA) is 95.5 Å². The molecule has 2 rings (SSSR count). The number of amides is 2. The van der Waals surface area contributed by atoms with Gasteiger partial charge in [-0.25, -0.2) is 4.79 Å². The van der Waals surface area contributed by atoms with Crippen LogP contribution in [0, 0.1) is 0 Å². The van der Waals surface area contributed by atoms with E-state index in [1.165, 1.54) is 11.3 Å². The number of carboxylic acid groups (broad SMARTS) is 1. The van der Waals surface area contributed by atoms with Gasteiger partial charge in [0.15, 0.2) is 0 Å². The molecule has 0 aliphatic rings. The molecule has 1 aromatic carbocycles. The third-order valence-corrected chi connectivity index (χ3v) is 5.30. The fraction of sp³-hybridized carbons (Fsp3) is 0.353. The van der Waals surface area contributed by atoms with E-state index < -0.39 is 23.8 Å². The Balaban J connectivity index is 1.95. The van der Waals surface area contributed by atoms with E-state index in [0.717, 1.165) is 16.5 Å². The van der Waals surface area contributed by atoms with Gasteiger partial charge in [-0.15, -0.1) is 11.3 Å². The SMILES string of the molecule is CCCC[C@H](NC(=O)CNC(=O)c1sc2ccccc2c1Cl)C(=O)O. The molecule has 0 aliphatic carbocycles. The van der Waals surface area contributed by atoms with Gasteiger partial charge in [0.05, 0.1) is 11.6 Å². The number of carbonyl (C=O) groups is 3. The third-order valence-electron chi connectivity index (χ3n) is 3.63. The fourth-order valence-corrected chi connectivity index (χ4v) is 3.75. The molecule has 2 aromatic rings. The quantitative estimate of drug-likeness (QED) is 0.653. The molecular formula is C17H19ClN2O4S. The normalized spacial score (nSPS) is 11.9. The summed E-state index contributed by atoms with van der Waals surface area (Å²) in [6.45, 7) is 1.63. The van der Waals surface area contributed by atoms with Crippen molar-refractivity contribution in [3.63, 3.8) is 0 Å². The lowest BCUT2D eigenvalue weighted by Gasteiger charge is -2.14. The van der Waals surface area contributed by atoms with Crippen molar-refractivity contribution in [1.29, 1.82) is 0 Å². The van der Waals surface area contributed by atoms with Gasteiger partial charge in [0.25, 0.3) is 5.91 Å². The standard InChI is InChI=1S/C17H19ClN2O4S/c1-2-3-7-11(17(23)24)20-13(21)9-19-16(22)15-14(18)10-6-4-5-8-12(10)25-15/h4-6,8,11H,2-3,7,9H2,1H3,(H,19,22)(H,20,21)(H,23,24)/t11-/m0/s1. The van der Waals surface area contributed by atoms with Gasteiger partial charge < -0.3 is 15.7 Å². The summed E-state index contributed by atoms with van der Waals surface area (Å²) in [5.74, 6) is -2.09. The van der Waals surface area contributed by atoms with Crippen LogP contribution >= 0.6 is 22.9 Å². The Labute approximate surface area is 154 Å². The zero-order valence-electron chi connectivity index (χ0n) is 13.7. The van der Waals surface area contributed by atoms with Crippen molar-refractivity contribution in [1.82, 2.24) is 10.6 Å². The number of nitrogens with one attached hydrogen (secondary N) is 2. The first-order chi connectivity index (χ1) is 11.9. The summed E-state index contributed by atoms with van der Waals surface area (Å²) >= 11 is 7.47. The van der Waals surface area contributed by atoms with Crippen LogP contribution in [0.5, 0.6) is 0 Å². The molecule has 1 heterocycles.